The average Bonchev–Trinajstić information content (AvgIpc) is 1.66. The highest BCUT2D eigenvalue weighted by Gasteiger charge is 2.27. The Kier molecular flexibility index (Phi) is 30.4. The number of anilines is 6. The number of halogens is 2. The van der Waals surface area contributed by atoms with Gasteiger partial charge in [-0.05, 0) is 261 Å². The highest BCUT2D eigenvalue weighted by Crippen LogP contribution is 2.45. The van der Waals surface area contributed by atoms with E-state index < -0.39 is 0 Å². The first-order valence-electron chi connectivity index (χ1n) is 44.4. The van der Waals surface area contributed by atoms with Crippen molar-refractivity contribution in [3.63, 3.8) is 0 Å². The minimum absolute atomic E-state index is 0.0627. The Morgan fingerprint density at radius 3 is 0.969 bits per heavy atom. The molecule has 0 saturated heterocycles. The van der Waals surface area contributed by atoms with Crippen molar-refractivity contribution in [1.29, 1.82) is 5.26 Å². The van der Waals surface area contributed by atoms with Crippen LogP contribution in [0.5, 0.6) is 0 Å². The SMILES string of the molecule is Brc1ccc(/C=N\Nc2ncnc3sc4c(c23)CCCC4)cc1.Brc1ccccc1/C=N\Nc1ncnc2sc3c(c12)CCCC3.C/C(=N/Nc1ncnc2sc3c(c12)CCCC3)c1ccccc1.CC(C)(C)/C=N\Nc1ncnc2sc3c(c12)CCCC3.CC(C)=NNc1ncnc2sc3c(c12)CCCC3.N#Cc1ccc(/C=N\Nc2ncnc3sc4c(c23)CCCC4)cc1. The molecule has 0 amide bonds. The highest BCUT2D eigenvalue weighted by atomic mass is 79.9. The number of benzene rings is 4. The predicted octanol–water partition coefficient (Wildman–Crippen LogP) is 25.2. The number of thiophene rings is 6. The van der Waals surface area contributed by atoms with E-state index >= 15 is 0 Å². The molecule has 666 valence electrons. The summed E-state index contributed by atoms with van der Waals surface area (Å²) in [5.41, 5.74) is 33.9. The van der Waals surface area contributed by atoms with Crippen LogP contribution in [-0.2, 0) is 77.0 Å². The van der Waals surface area contributed by atoms with Gasteiger partial charge in [0.25, 0.3) is 0 Å². The van der Waals surface area contributed by atoms with Gasteiger partial charge in [0.2, 0.25) is 0 Å². The van der Waals surface area contributed by atoms with Gasteiger partial charge in [-0.3, -0.25) is 32.6 Å². The lowest BCUT2D eigenvalue weighted by Gasteiger charge is -2.12. The number of nitrogens with zero attached hydrogens (tertiary/aromatic N) is 19. The van der Waals surface area contributed by atoms with Crippen molar-refractivity contribution in [2.45, 2.75) is 196 Å². The second kappa shape index (κ2) is 43.6. The van der Waals surface area contributed by atoms with Crippen molar-refractivity contribution in [2.75, 3.05) is 32.6 Å². The predicted molar refractivity (Wildman–Crippen MR) is 554 cm³/mol. The lowest BCUT2D eigenvalue weighted by atomic mass is 9.97. The molecule has 16 aromatic rings. The van der Waals surface area contributed by atoms with Gasteiger partial charge in [0, 0.05) is 55.7 Å². The lowest BCUT2D eigenvalue weighted by Crippen LogP contribution is -2.08. The number of nitriles is 1. The van der Waals surface area contributed by atoms with Crippen LogP contribution >= 0.6 is 99.9 Å². The maximum absolute atomic E-state index is 8.82. The molecule has 0 spiro atoms. The van der Waals surface area contributed by atoms with Crippen LogP contribution in [0, 0.1) is 16.7 Å². The van der Waals surface area contributed by atoms with E-state index in [9.17, 15) is 0 Å². The summed E-state index contributed by atoms with van der Waals surface area (Å²) in [7, 11) is 0. The molecular formula is C98H99Br2N25S6. The number of aryl methyl sites for hydroxylation is 12. The number of rotatable bonds is 16. The van der Waals surface area contributed by atoms with Crippen molar-refractivity contribution < 1.29 is 0 Å². The van der Waals surface area contributed by atoms with E-state index in [0.29, 0.717) is 5.56 Å². The van der Waals surface area contributed by atoms with Crippen molar-refractivity contribution >= 4 is 232 Å². The van der Waals surface area contributed by atoms with E-state index in [2.05, 4.69) is 194 Å². The average molecular weight is 1980 g/mol. The molecule has 0 aliphatic heterocycles. The molecule has 22 rings (SSSR count). The smallest absolute Gasteiger partial charge is 0.158 e. The second-order valence-corrected chi connectivity index (χ2v) is 42.0. The fourth-order valence-electron chi connectivity index (χ4n) is 16.7. The third-order valence-corrected chi connectivity index (χ3v) is 31.4. The number of nitrogens with one attached hydrogen (secondary N) is 6. The van der Waals surface area contributed by atoms with Crippen molar-refractivity contribution in [3.8, 4) is 6.07 Å². The van der Waals surface area contributed by atoms with Gasteiger partial charge in [-0.1, -0.05) is 125 Å². The van der Waals surface area contributed by atoms with Gasteiger partial charge in [-0.15, -0.1) is 68.0 Å². The molecule has 6 aliphatic carbocycles. The second-order valence-electron chi connectivity index (χ2n) is 33.7. The number of fused-ring (bicyclic) bond motifs is 18. The summed E-state index contributed by atoms with van der Waals surface area (Å²) in [4.78, 5) is 68.1. The Morgan fingerprint density at radius 1 is 0.344 bits per heavy atom. The normalized spacial score (nSPS) is 14.5. The molecule has 33 heteroatoms. The molecule has 0 fully saturated rings. The summed E-state index contributed by atoms with van der Waals surface area (Å²) < 4.78 is 2.08. The molecule has 12 heterocycles. The first-order chi connectivity index (χ1) is 64.1. The summed E-state index contributed by atoms with van der Waals surface area (Å²) in [6, 6.07) is 35.6. The summed E-state index contributed by atoms with van der Waals surface area (Å²) in [6.07, 6.45) is 45.8. The van der Waals surface area contributed by atoms with Gasteiger partial charge >= 0.3 is 0 Å². The number of hydrogen-bond donors (Lipinski definition) is 6. The van der Waals surface area contributed by atoms with Gasteiger partial charge in [0.1, 0.15) is 66.9 Å². The minimum atomic E-state index is 0.0627. The van der Waals surface area contributed by atoms with E-state index in [0.717, 1.165) is 186 Å². The zero-order valence-corrected chi connectivity index (χ0v) is 81.8. The molecule has 0 radical (unpaired) electrons. The van der Waals surface area contributed by atoms with Crippen LogP contribution in [-0.4, -0.2) is 96.1 Å². The van der Waals surface area contributed by atoms with E-state index in [-0.39, 0.29) is 5.41 Å². The van der Waals surface area contributed by atoms with Crippen LogP contribution in [0.3, 0.4) is 0 Å². The van der Waals surface area contributed by atoms with Gasteiger partial charge < -0.3 is 0 Å². The van der Waals surface area contributed by atoms with Crippen LogP contribution in [0.4, 0.5) is 34.9 Å². The Hall–Kier alpha value is -11.6. The molecule has 0 unspecified atom stereocenters. The molecule has 0 bridgehead atoms. The maximum Gasteiger partial charge on any atom is 0.158 e. The largest absolute Gasteiger partial charge is 0.261 e. The summed E-state index contributed by atoms with van der Waals surface area (Å²) in [5.74, 6) is 4.89. The van der Waals surface area contributed by atoms with Gasteiger partial charge in [0.05, 0.1) is 68.3 Å². The van der Waals surface area contributed by atoms with Crippen LogP contribution in [0.2, 0.25) is 0 Å². The first kappa shape index (κ1) is 91.3. The summed E-state index contributed by atoms with van der Waals surface area (Å²) in [5, 5.41) is 41.9. The number of aromatic nitrogens is 12. The molecule has 4 aromatic carbocycles. The van der Waals surface area contributed by atoms with Crippen LogP contribution < -0.4 is 32.6 Å². The zero-order valence-electron chi connectivity index (χ0n) is 73.8. The highest BCUT2D eigenvalue weighted by molar-refractivity contribution is 9.10. The van der Waals surface area contributed by atoms with Crippen LogP contribution in [0.1, 0.15) is 209 Å². The number of hydrogen-bond acceptors (Lipinski definition) is 31. The standard InChI is InChI=1S/C18H15N5S.C18H18N4S.2C17H15BrN4S.C15H20N4S.C13H16N4S/c19-9-12-5-7-13(8-6-12)10-22-23-17-16-14-3-1-2-4-15(14)24-18(16)21-11-20-17;1-12(13-7-3-2-4-8-13)21-22-17-16-14-9-5-6-10-15(14)23-18(16)20-11-19-17;18-13-7-3-1-5-11(13)9-21-22-16-15-12-6-2-4-8-14(12)23-17(15)20-10-19-16;18-12-7-5-11(6-8-12)9-21-22-16-15-13-3-1-2-4-14(13)23-17(15)20-10-19-16;1-15(2,3)8-18-19-13-12-10-6-4-5-7-11(10)20-14(12)17-9-16-13;1-8(2)16-17-12-11-9-5-3-4-6-10(9)18-13(11)15-7-14-12/h5-8,10-11H,1-4H2,(H,20,21,23);2-4,7-8,11H,5-6,9-10H2,1H3,(H,19,20,22);1,3,5,7,9-10H,2,4,6,8H2,(H,19,20,22);5-10H,1-4H2,(H,19,20,22);8-9H,4-7H2,1-3H3,(H,16,17,19);7H,3-6H2,1-2H3,(H,14,15,17)/b22-10-;21-12-;2*21-9-;18-8-;. The molecule has 0 atom stereocenters. The molecular weight excluding hydrogens is 1880 g/mol. The monoisotopic (exact) mass is 1980 g/mol. The van der Waals surface area contributed by atoms with Gasteiger partial charge in [-0.25, -0.2) is 59.8 Å². The van der Waals surface area contributed by atoms with Gasteiger partial charge in [0.15, 0.2) is 34.9 Å². The van der Waals surface area contributed by atoms with Crippen molar-refractivity contribution in [2.24, 2.45) is 36.0 Å². The first-order valence-corrected chi connectivity index (χ1v) is 50.9. The molecule has 6 aliphatic rings. The Bertz CT molecular complexity index is 6970. The van der Waals surface area contributed by atoms with Crippen LogP contribution in [0.15, 0.2) is 181 Å². The fraction of sp³-hybridized carbons (Fsp3) is 0.316. The molecule has 0 saturated carbocycles. The Morgan fingerprint density at radius 2 is 0.641 bits per heavy atom. The fourth-order valence-corrected chi connectivity index (χ4v) is 24.7. The van der Waals surface area contributed by atoms with Crippen LogP contribution in [0.25, 0.3) is 61.3 Å². The minimum Gasteiger partial charge on any atom is -0.261 e. The van der Waals surface area contributed by atoms with Crippen molar-refractivity contribution in [3.05, 3.63) is 240 Å². The van der Waals surface area contributed by atoms with E-state index in [1.165, 1.54) is 170 Å². The maximum atomic E-state index is 8.82. The third kappa shape index (κ3) is 22.6. The summed E-state index contributed by atoms with van der Waals surface area (Å²) >= 11 is 17.7. The Balaban J connectivity index is 0.000000110. The quantitative estimate of drug-likeness (QED) is 0.0387. The molecule has 12 aromatic heterocycles. The topological polar surface area (TPSA) is 325 Å². The third-order valence-electron chi connectivity index (χ3n) is 23.0. The molecule has 131 heavy (non-hydrogen) atoms. The lowest BCUT2D eigenvalue weighted by molar-refractivity contribution is 0.606. The summed E-state index contributed by atoms with van der Waals surface area (Å²) in [6.45, 7) is 12.3. The zero-order chi connectivity index (χ0) is 90.0. The Labute approximate surface area is 801 Å². The molecule has 6 N–H and O–H groups in total. The van der Waals surface area contributed by atoms with Crippen molar-refractivity contribution in [1.82, 2.24) is 59.8 Å². The van der Waals surface area contributed by atoms with E-state index in [1.807, 2.05) is 129 Å². The van der Waals surface area contributed by atoms with Gasteiger partial charge in [-0.2, -0.15) is 35.9 Å². The molecule has 25 nitrogen and oxygen atoms in total. The van der Waals surface area contributed by atoms with E-state index in [4.69, 9.17) is 5.26 Å². The number of hydrazone groups is 6. The van der Waals surface area contributed by atoms with E-state index in [1.54, 1.807) is 114 Å².